The van der Waals surface area contributed by atoms with Gasteiger partial charge in [-0.25, -0.2) is 0 Å². The molecular formula is C12H23NS. The lowest BCUT2D eigenvalue weighted by molar-refractivity contribution is 0.430. The Hall–Kier alpha value is 0.310. The molecule has 1 aliphatic heterocycles. The van der Waals surface area contributed by atoms with E-state index < -0.39 is 0 Å². The van der Waals surface area contributed by atoms with E-state index in [0.717, 1.165) is 23.8 Å². The van der Waals surface area contributed by atoms with E-state index in [-0.39, 0.29) is 0 Å². The zero-order valence-electron chi connectivity index (χ0n) is 9.30. The molecule has 1 nitrogen and oxygen atoms in total. The van der Waals surface area contributed by atoms with Crippen molar-refractivity contribution in [3.05, 3.63) is 0 Å². The Kier molecular flexibility index (Phi) is 4.18. The van der Waals surface area contributed by atoms with Gasteiger partial charge in [-0.3, -0.25) is 0 Å². The first-order chi connectivity index (χ1) is 6.90. The Balaban J connectivity index is 1.79. The van der Waals surface area contributed by atoms with E-state index in [0.29, 0.717) is 0 Å². The van der Waals surface area contributed by atoms with E-state index in [1.54, 1.807) is 0 Å². The SMILES string of the molecule is CCNC(CC1CC1)C1CCCCS1. The zero-order valence-corrected chi connectivity index (χ0v) is 10.1. The maximum absolute atomic E-state index is 3.70. The molecule has 0 amide bonds. The first kappa shape index (κ1) is 10.8. The highest BCUT2D eigenvalue weighted by molar-refractivity contribution is 8.00. The van der Waals surface area contributed by atoms with Crippen LogP contribution in [-0.4, -0.2) is 23.6 Å². The number of nitrogens with one attached hydrogen (secondary N) is 1. The molecule has 82 valence electrons. The van der Waals surface area contributed by atoms with Gasteiger partial charge in [0.15, 0.2) is 0 Å². The lowest BCUT2D eigenvalue weighted by Gasteiger charge is -2.30. The largest absolute Gasteiger partial charge is 0.313 e. The van der Waals surface area contributed by atoms with Crippen LogP contribution in [0.1, 0.15) is 45.4 Å². The molecule has 2 heteroatoms. The number of hydrogen-bond acceptors (Lipinski definition) is 2. The summed E-state index contributed by atoms with van der Waals surface area (Å²) in [6.45, 7) is 3.39. The topological polar surface area (TPSA) is 12.0 Å². The van der Waals surface area contributed by atoms with Gasteiger partial charge in [0.25, 0.3) is 0 Å². The van der Waals surface area contributed by atoms with E-state index in [4.69, 9.17) is 0 Å². The van der Waals surface area contributed by atoms with Crippen LogP contribution in [0.3, 0.4) is 0 Å². The second-order valence-electron chi connectivity index (χ2n) is 4.75. The molecule has 14 heavy (non-hydrogen) atoms. The second kappa shape index (κ2) is 5.41. The van der Waals surface area contributed by atoms with Gasteiger partial charge in [0.2, 0.25) is 0 Å². The summed E-state index contributed by atoms with van der Waals surface area (Å²) in [6, 6.07) is 0.817. The van der Waals surface area contributed by atoms with Crippen LogP contribution in [-0.2, 0) is 0 Å². The highest BCUT2D eigenvalue weighted by Gasteiger charge is 2.30. The standard InChI is InChI=1S/C12H23NS/c1-2-13-11(9-10-6-7-10)12-5-3-4-8-14-12/h10-13H,2-9H2,1H3. The van der Waals surface area contributed by atoms with Crippen LogP contribution >= 0.6 is 11.8 Å². The summed E-state index contributed by atoms with van der Waals surface area (Å²) >= 11 is 2.22. The molecule has 1 saturated carbocycles. The van der Waals surface area contributed by atoms with Crippen molar-refractivity contribution in [3.8, 4) is 0 Å². The molecule has 2 atom stereocenters. The monoisotopic (exact) mass is 213 g/mol. The molecule has 1 aliphatic carbocycles. The van der Waals surface area contributed by atoms with Crippen molar-refractivity contribution in [2.45, 2.75) is 56.7 Å². The first-order valence-corrected chi connectivity index (χ1v) is 7.30. The molecule has 1 heterocycles. The van der Waals surface area contributed by atoms with E-state index in [1.165, 1.54) is 44.3 Å². The molecule has 0 bridgehead atoms. The van der Waals surface area contributed by atoms with Crippen molar-refractivity contribution in [3.63, 3.8) is 0 Å². The normalized spacial score (nSPS) is 30.2. The lowest BCUT2D eigenvalue weighted by Crippen LogP contribution is -2.39. The minimum Gasteiger partial charge on any atom is -0.313 e. The Morgan fingerprint density at radius 1 is 1.29 bits per heavy atom. The third-order valence-corrected chi connectivity index (χ3v) is 4.93. The molecule has 1 saturated heterocycles. The summed E-state index contributed by atoms with van der Waals surface area (Å²) in [6.07, 6.45) is 8.81. The van der Waals surface area contributed by atoms with Crippen LogP contribution in [0.25, 0.3) is 0 Å². The zero-order chi connectivity index (χ0) is 9.80. The minimum absolute atomic E-state index is 0.817. The van der Waals surface area contributed by atoms with Crippen molar-refractivity contribution >= 4 is 11.8 Å². The maximum Gasteiger partial charge on any atom is 0.0201 e. The molecule has 0 aromatic heterocycles. The molecule has 0 radical (unpaired) electrons. The van der Waals surface area contributed by atoms with Gasteiger partial charge in [0.1, 0.15) is 0 Å². The van der Waals surface area contributed by atoms with Crippen molar-refractivity contribution in [1.82, 2.24) is 5.32 Å². The van der Waals surface area contributed by atoms with Crippen molar-refractivity contribution in [2.24, 2.45) is 5.92 Å². The molecule has 2 fully saturated rings. The predicted octanol–water partition coefficient (Wildman–Crippen LogP) is 3.05. The third-order valence-electron chi connectivity index (χ3n) is 3.41. The Morgan fingerprint density at radius 2 is 2.14 bits per heavy atom. The van der Waals surface area contributed by atoms with E-state index >= 15 is 0 Å². The van der Waals surface area contributed by atoms with E-state index in [2.05, 4.69) is 24.0 Å². The summed E-state index contributed by atoms with van der Waals surface area (Å²) in [5.41, 5.74) is 0. The van der Waals surface area contributed by atoms with E-state index in [9.17, 15) is 0 Å². The fourth-order valence-electron chi connectivity index (χ4n) is 2.42. The van der Waals surface area contributed by atoms with Crippen molar-refractivity contribution in [1.29, 1.82) is 0 Å². The van der Waals surface area contributed by atoms with Gasteiger partial charge >= 0.3 is 0 Å². The lowest BCUT2D eigenvalue weighted by atomic mass is 10.0. The Morgan fingerprint density at radius 3 is 2.71 bits per heavy atom. The summed E-state index contributed by atoms with van der Waals surface area (Å²) in [5.74, 6) is 2.47. The van der Waals surface area contributed by atoms with Crippen LogP contribution < -0.4 is 5.32 Å². The van der Waals surface area contributed by atoms with Crippen molar-refractivity contribution in [2.75, 3.05) is 12.3 Å². The predicted molar refractivity (Wildman–Crippen MR) is 64.9 cm³/mol. The smallest absolute Gasteiger partial charge is 0.0201 e. The minimum atomic E-state index is 0.817. The average molecular weight is 213 g/mol. The maximum atomic E-state index is 3.70. The number of hydrogen-bond donors (Lipinski definition) is 1. The van der Waals surface area contributed by atoms with Crippen molar-refractivity contribution < 1.29 is 0 Å². The third kappa shape index (κ3) is 3.16. The van der Waals surface area contributed by atoms with Gasteiger partial charge in [0.05, 0.1) is 0 Å². The van der Waals surface area contributed by atoms with Gasteiger partial charge in [-0.05, 0) is 37.5 Å². The number of rotatable bonds is 5. The average Bonchev–Trinajstić information content (AvgIpc) is 3.03. The molecule has 0 spiro atoms. The van der Waals surface area contributed by atoms with Gasteiger partial charge in [-0.15, -0.1) is 0 Å². The highest BCUT2D eigenvalue weighted by Crippen LogP contribution is 2.37. The quantitative estimate of drug-likeness (QED) is 0.753. The molecule has 0 aromatic carbocycles. The molecule has 2 rings (SSSR count). The summed E-state index contributed by atoms with van der Waals surface area (Å²) in [4.78, 5) is 0. The highest BCUT2D eigenvalue weighted by atomic mass is 32.2. The van der Waals surface area contributed by atoms with Crippen LogP contribution in [0.2, 0.25) is 0 Å². The van der Waals surface area contributed by atoms with Crippen LogP contribution in [0.4, 0.5) is 0 Å². The fourth-order valence-corrected chi connectivity index (χ4v) is 3.87. The van der Waals surface area contributed by atoms with Gasteiger partial charge in [-0.1, -0.05) is 26.2 Å². The molecular weight excluding hydrogens is 190 g/mol. The fraction of sp³-hybridized carbons (Fsp3) is 1.00. The molecule has 2 unspecified atom stereocenters. The van der Waals surface area contributed by atoms with Gasteiger partial charge in [-0.2, -0.15) is 11.8 Å². The van der Waals surface area contributed by atoms with Gasteiger partial charge < -0.3 is 5.32 Å². The molecule has 0 aromatic rings. The Bertz CT molecular complexity index is 162. The van der Waals surface area contributed by atoms with Crippen LogP contribution in [0.5, 0.6) is 0 Å². The first-order valence-electron chi connectivity index (χ1n) is 6.25. The summed E-state index contributed by atoms with van der Waals surface area (Å²) < 4.78 is 0. The second-order valence-corrected chi connectivity index (χ2v) is 6.10. The van der Waals surface area contributed by atoms with Crippen LogP contribution in [0, 0.1) is 5.92 Å². The van der Waals surface area contributed by atoms with Gasteiger partial charge in [0, 0.05) is 11.3 Å². The Labute approximate surface area is 92.4 Å². The molecule has 2 aliphatic rings. The summed E-state index contributed by atoms with van der Waals surface area (Å²) in [7, 11) is 0. The number of thioether (sulfide) groups is 1. The van der Waals surface area contributed by atoms with Crippen LogP contribution in [0.15, 0.2) is 0 Å². The summed E-state index contributed by atoms with van der Waals surface area (Å²) in [5, 5.41) is 4.62. The molecule has 1 N–H and O–H groups in total. The van der Waals surface area contributed by atoms with E-state index in [1.807, 2.05) is 0 Å².